The van der Waals surface area contributed by atoms with Crippen LogP contribution in [0.5, 0.6) is 0 Å². The van der Waals surface area contributed by atoms with Crippen molar-refractivity contribution in [1.82, 2.24) is 14.8 Å². The highest BCUT2D eigenvalue weighted by Crippen LogP contribution is 2.20. The third kappa shape index (κ3) is 2.95. The largest absolute Gasteiger partial charge is 0.327 e. The van der Waals surface area contributed by atoms with Crippen LogP contribution in [0.1, 0.15) is 18.2 Å². The molecule has 21 heavy (non-hydrogen) atoms. The molecule has 1 aromatic carbocycles. The van der Waals surface area contributed by atoms with Gasteiger partial charge in [-0.2, -0.15) is 5.10 Å². The van der Waals surface area contributed by atoms with Crippen LogP contribution in [-0.2, 0) is 19.4 Å². The standard InChI is InChI=1S/C17H20N4/c1-2-21-17-8-4-3-7-15(17)16(20-21)11-14(18)10-13-6-5-9-19-12-13/h3-9,12,14H,2,10-11,18H2,1H3. The van der Waals surface area contributed by atoms with Gasteiger partial charge in [0, 0.05) is 36.8 Å². The van der Waals surface area contributed by atoms with E-state index in [-0.39, 0.29) is 6.04 Å². The van der Waals surface area contributed by atoms with Gasteiger partial charge in [0.1, 0.15) is 0 Å². The Labute approximate surface area is 124 Å². The monoisotopic (exact) mass is 280 g/mol. The summed E-state index contributed by atoms with van der Waals surface area (Å²) in [6.45, 7) is 2.98. The molecule has 1 atom stereocenters. The number of para-hydroxylation sites is 1. The molecular weight excluding hydrogens is 260 g/mol. The highest BCUT2D eigenvalue weighted by molar-refractivity contribution is 5.82. The van der Waals surface area contributed by atoms with Crippen molar-refractivity contribution in [3.05, 3.63) is 60.0 Å². The highest BCUT2D eigenvalue weighted by Gasteiger charge is 2.13. The van der Waals surface area contributed by atoms with Gasteiger partial charge in [-0.1, -0.05) is 24.3 Å². The number of fused-ring (bicyclic) bond motifs is 1. The molecule has 2 aromatic heterocycles. The fourth-order valence-corrected chi connectivity index (χ4v) is 2.73. The van der Waals surface area contributed by atoms with Crippen LogP contribution in [-0.4, -0.2) is 20.8 Å². The summed E-state index contributed by atoms with van der Waals surface area (Å²) in [4.78, 5) is 4.14. The van der Waals surface area contributed by atoms with Crippen LogP contribution < -0.4 is 5.73 Å². The van der Waals surface area contributed by atoms with Gasteiger partial charge >= 0.3 is 0 Å². The van der Waals surface area contributed by atoms with E-state index in [9.17, 15) is 0 Å². The third-order valence-corrected chi connectivity index (χ3v) is 3.71. The van der Waals surface area contributed by atoms with Crippen molar-refractivity contribution in [2.24, 2.45) is 5.73 Å². The summed E-state index contributed by atoms with van der Waals surface area (Å²) in [6, 6.07) is 12.4. The van der Waals surface area contributed by atoms with E-state index in [1.165, 1.54) is 16.5 Å². The average molecular weight is 280 g/mol. The van der Waals surface area contributed by atoms with Crippen molar-refractivity contribution in [3.8, 4) is 0 Å². The molecule has 0 amide bonds. The maximum Gasteiger partial charge on any atom is 0.0718 e. The number of nitrogens with zero attached hydrogens (tertiary/aromatic N) is 3. The first-order chi connectivity index (χ1) is 10.3. The number of benzene rings is 1. The fraction of sp³-hybridized carbons (Fsp3) is 0.294. The molecule has 2 N–H and O–H groups in total. The average Bonchev–Trinajstić information content (AvgIpc) is 2.86. The summed E-state index contributed by atoms with van der Waals surface area (Å²) in [6.07, 6.45) is 5.26. The molecule has 3 aromatic rings. The van der Waals surface area contributed by atoms with Crippen molar-refractivity contribution >= 4 is 10.9 Å². The molecular formula is C17H20N4. The van der Waals surface area contributed by atoms with Crippen LogP contribution in [0.15, 0.2) is 48.8 Å². The minimum absolute atomic E-state index is 0.0535. The number of pyridine rings is 1. The molecule has 0 aliphatic rings. The summed E-state index contributed by atoms with van der Waals surface area (Å²) in [5, 5.41) is 5.92. The predicted molar refractivity (Wildman–Crippen MR) is 85.0 cm³/mol. The van der Waals surface area contributed by atoms with Crippen LogP contribution in [0.25, 0.3) is 10.9 Å². The Morgan fingerprint density at radius 3 is 2.76 bits per heavy atom. The topological polar surface area (TPSA) is 56.7 Å². The van der Waals surface area contributed by atoms with Crippen LogP contribution in [0, 0.1) is 0 Å². The van der Waals surface area contributed by atoms with Crippen molar-refractivity contribution in [3.63, 3.8) is 0 Å². The number of aromatic nitrogens is 3. The zero-order chi connectivity index (χ0) is 14.7. The third-order valence-electron chi connectivity index (χ3n) is 3.71. The Balaban J connectivity index is 1.81. The molecule has 0 radical (unpaired) electrons. The normalized spacial score (nSPS) is 12.7. The summed E-state index contributed by atoms with van der Waals surface area (Å²) >= 11 is 0. The lowest BCUT2D eigenvalue weighted by atomic mass is 10.0. The molecule has 0 aliphatic carbocycles. The van der Waals surface area contributed by atoms with Crippen LogP contribution in [0.3, 0.4) is 0 Å². The maximum absolute atomic E-state index is 6.30. The van der Waals surface area contributed by atoms with Gasteiger partial charge < -0.3 is 5.73 Å². The van der Waals surface area contributed by atoms with Crippen LogP contribution in [0.2, 0.25) is 0 Å². The van der Waals surface area contributed by atoms with Gasteiger partial charge in [-0.15, -0.1) is 0 Å². The molecule has 0 saturated carbocycles. The van der Waals surface area contributed by atoms with E-state index in [2.05, 4.69) is 42.2 Å². The Morgan fingerprint density at radius 2 is 2.00 bits per heavy atom. The summed E-state index contributed by atoms with van der Waals surface area (Å²) in [5.41, 5.74) is 9.74. The van der Waals surface area contributed by atoms with Crippen LogP contribution in [0.4, 0.5) is 0 Å². The lowest BCUT2D eigenvalue weighted by molar-refractivity contribution is 0.621. The zero-order valence-corrected chi connectivity index (χ0v) is 12.2. The molecule has 2 heterocycles. The van der Waals surface area contributed by atoms with E-state index < -0.39 is 0 Å². The van der Waals surface area contributed by atoms with Gasteiger partial charge in [-0.25, -0.2) is 0 Å². The first-order valence-electron chi connectivity index (χ1n) is 7.37. The molecule has 4 nitrogen and oxygen atoms in total. The van der Waals surface area contributed by atoms with Gasteiger partial charge in [0.15, 0.2) is 0 Å². The molecule has 108 valence electrons. The minimum Gasteiger partial charge on any atom is -0.327 e. The SMILES string of the molecule is CCn1nc(CC(N)Cc2cccnc2)c2ccccc21. The minimum atomic E-state index is 0.0535. The van der Waals surface area contributed by atoms with Crippen molar-refractivity contribution in [1.29, 1.82) is 0 Å². The van der Waals surface area contributed by atoms with E-state index in [0.717, 1.165) is 25.1 Å². The van der Waals surface area contributed by atoms with Gasteiger partial charge in [0.2, 0.25) is 0 Å². The van der Waals surface area contributed by atoms with Crippen LogP contribution >= 0.6 is 0 Å². The smallest absolute Gasteiger partial charge is 0.0718 e. The Bertz CT molecular complexity index is 718. The lowest BCUT2D eigenvalue weighted by Crippen LogP contribution is -2.26. The number of rotatable bonds is 5. The number of hydrogen-bond donors (Lipinski definition) is 1. The second-order valence-corrected chi connectivity index (χ2v) is 5.31. The van der Waals surface area contributed by atoms with Gasteiger partial charge in [0.05, 0.1) is 11.2 Å². The molecule has 0 bridgehead atoms. The fourth-order valence-electron chi connectivity index (χ4n) is 2.73. The van der Waals surface area contributed by atoms with Crippen molar-refractivity contribution in [2.45, 2.75) is 32.4 Å². The molecule has 3 rings (SSSR count). The maximum atomic E-state index is 6.30. The second-order valence-electron chi connectivity index (χ2n) is 5.31. The first kappa shape index (κ1) is 13.8. The first-order valence-corrected chi connectivity index (χ1v) is 7.37. The van der Waals surface area contributed by atoms with Gasteiger partial charge in [-0.05, 0) is 31.0 Å². The molecule has 4 heteroatoms. The summed E-state index contributed by atoms with van der Waals surface area (Å²) in [7, 11) is 0. The molecule has 0 spiro atoms. The Hall–Kier alpha value is -2.20. The van der Waals surface area contributed by atoms with Crippen molar-refractivity contribution < 1.29 is 0 Å². The highest BCUT2D eigenvalue weighted by atomic mass is 15.3. The van der Waals surface area contributed by atoms with E-state index in [1.54, 1.807) is 6.20 Å². The molecule has 0 fully saturated rings. The molecule has 0 saturated heterocycles. The molecule has 1 unspecified atom stereocenters. The van der Waals surface area contributed by atoms with Crippen molar-refractivity contribution in [2.75, 3.05) is 0 Å². The number of nitrogens with two attached hydrogens (primary N) is 1. The predicted octanol–water partition coefficient (Wildman–Crippen LogP) is 2.56. The number of hydrogen-bond acceptors (Lipinski definition) is 3. The van der Waals surface area contributed by atoms with E-state index in [1.807, 2.05) is 16.9 Å². The van der Waals surface area contributed by atoms with E-state index >= 15 is 0 Å². The Morgan fingerprint density at radius 1 is 1.14 bits per heavy atom. The van der Waals surface area contributed by atoms with E-state index in [0.29, 0.717) is 0 Å². The second kappa shape index (κ2) is 6.06. The zero-order valence-electron chi connectivity index (χ0n) is 12.2. The van der Waals surface area contributed by atoms with Gasteiger partial charge in [0.25, 0.3) is 0 Å². The Kier molecular flexibility index (Phi) is 3.97. The number of aryl methyl sites for hydroxylation is 1. The molecule has 0 aliphatic heterocycles. The quantitative estimate of drug-likeness (QED) is 0.781. The summed E-state index contributed by atoms with van der Waals surface area (Å²) < 4.78 is 2.04. The summed E-state index contributed by atoms with van der Waals surface area (Å²) in [5.74, 6) is 0. The van der Waals surface area contributed by atoms with E-state index in [4.69, 9.17) is 10.8 Å². The van der Waals surface area contributed by atoms with Gasteiger partial charge in [-0.3, -0.25) is 9.67 Å². The lowest BCUT2D eigenvalue weighted by Gasteiger charge is -2.10.